The number of fused-ring (bicyclic) bond motifs is 1. The average Bonchev–Trinajstić information content (AvgIpc) is 3.54. The van der Waals surface area contributed by atoms with E-state index in [1.807, 2.05) is 6.21 Å². The van der Waals surface area contributed by atoms with Gasteiger partial charge in [-0.1, -0.05) is 13.3 Å². The van der Waals surface area contributed by atoms with Crippen LogP contribution in [0.1, 0.15) is 48.8 Å². The van der Waals surface area contributed by atoms with Crippen LogP contribution in [0.15, 0.2) is 29.8 Å². The van der Waals surface area contributed by atoms with Crippen molar-refractivity contribution in [2.24, 2.45) is 5.10 Å². The van der Waals surface area contributed by atoms with Gasteiger partial charge in [-0.3, -0.25) is 4.90 Å². The Morgan fingerprint density at radius 3 is 2.94 bits per heavy atom. The fourth-order valence-electron chi connectivity index (χ4n) is 4.61. The quantitative estimate of drug-likeness (QED) is 0.529. The van der Waals surface area contributed by atoms with Gasteiger partial charge in [0, 0.05) is 43.8 Å². The van der Waals surface area contributed by atoms with Crippen molar-refractivity contribution in [1.82, 2.24) is 29.5 Å². The summed E-state index contributed by atoms with van der Waals surface area (Å²) in [5, 5.41) is 20.2. The van der Waals surface area contributed by atoms with Crippen molar-refractivity contribution in [2.45, 2.75) is 57.5 Å². The topological polar surface area (TPSA) is 98.6 Å². The maximum absolute atomic E-state index is 13.6. The van der Waals surface area contributed by atoms with Crippen molar-refractivity contribution in [3.63, 3.8) is 0 Å². The smallest absolute Gasteiger partial charge is 0.261 e. The van der Waals surface area contributed by atoms with Crippen LogP contribution in [0.2, 0.25) is 0 Å². The molecule has 1 fully saturated rings. The number of hydrogen-bond donors (Lipinski definition) is 0. The van der Waals surface area contributed by atoms with Gasteiger partial charge in [-0.2, -0.15) is 10.4 Å². The van der Waals surface area contributed by atoms with Crippen molar-refractivity contribution >= 4 is 17.7 Å². The van der Waals surface area contributed by atoms with Gasteiger partial charge in [0.15, 0.2) is 17.3 Å². The van der Waals surface area contributed by atoms with Crippen molar-refractivity contribution in [3.8, 4) is 6.07 Å². The number of nitriles is 1. The van der Waals surface area contributed by atoms with Gasteiger partial charge < -0.3 is 0 Å². The molecule has 0 amide bonds. The second-order valence-corrected chi connectivity index (χ2v) is 8.76. The Hall–Kier alpha value is -3.52. The third kappa shape index (κ3) is 4.33. The highest BCUT2D eigenvalue weighted by molar-refractivity contribution is 5.68. The zero-order valence-corrected chi connectivity index (χ0v) is 18.9. The molecule has 0 spiro atoms. The fourth-order valence-corrected chi connectivity index (χ4v) is 4.61. The average molecular weight is 466 g/mol. The number of anilines is 1. The van der Waals surface area contributed by atoms with E-state index in [4.69, 9.17) is 4.98 Å². The summed E-state index contributed by atoms with van der Waals surface area (Å²) in [5.41, 5.74) is 3.09. The zero-order valence-electron chi connectivity index (χ0n) is 18.9. The second kappa shape index (κ2) is 9.02. The van der Waals surface area contributed by atoms with E-state index in [9.17, 15) is 14.0 Å². The second-order valence-electron chi connectivity index (χ2n) is 8.76. The van der Waals surface area contributed by atoms with Crippen LogP contribution >= 0.6 is 0 Å². The number of hydrogen-bond acceptors (Lipinski definition) is 8. The Morgan fingerprint density at radius 1 is 1.29 bits per heavy atom. The fraction of sp³-hybridized carbons (Fsp3) is 0.478. The van der Waals surface area contributed by atoms with Crippen LogP contribution in [-0.4, -0.2) is 60.7 Å². The van der Waals surface area contributed by atoms with E-state index in [1.54, 1.807) is 39.1 Å². The molecule has 2 aliphatic heterocycles. The molecule has 0 saturated carbocycles. The van der Waals surface area contributed by atoms with E-state index in [2.05, 4.69) is 33.2 Å². The van der Waals surface area contributed by atoms with Gasteiger partial charge in [-0.05, 0) is 18.6 Å². The molecular weight excluding hydrogens is 440 g/mol. The minimum Gasteiger partial charge on any atom is -0.290 e. The molecule has 9 nitrogen and oxygen atoms in total. The summed E-state index contributed by atoms with van der Waals surface area (Å²) >= 11 is 0. The highest BCUT2D eigenvalue weighted by Crippen LogP contribution is 2.29. The van der Waals surface area contributed by atoms with E-state index in [1.165, 1.54) is 0 Å². The summed E-state index contributed by atoms with van der Waals surface area (Å²) < 4.78 is 28.8. The van der Waals surface area contributed by atoms with Crippen molar-refractivity contribution in [2.75, 3.05) is 18.1 Å². The van der Waals surface area contributed by atoms with Gasteiger partial charge in [0.1, 0.15) is 12.4 Å². The molecule has 0 N–H and O–H groups in total. The molecule has 3 aromatic rings. The van der Waals surface area contributed by atoms with Crippen molar-refractivity contribution in [1.29, 1.82) is 5.26 Å². The lowest BCUT2D eigenvalue weighted by atomic mass is 10.0. The van der Waals surface area contributed by atoms with Crippen LogP contribution < -0.4 is 5.01 Å². The summed E-state index contributed by atoms with van der Waals surface area (Å²) in [6, 6.07) is 5.62. The van der Waals surface area contributed by atoms with Crippen LogP contribution in [0, 0.1) is 11.3 Å². The molecule has 1 unspecified atom stereocenters. The highest BCUT2D eigenvalue weighted by Gasteiger charge is 2.38. The maximum Gasteiger partial charge on any atom is 0.261 e. The predicted octanol–water partition coefficient (Wildman–Crippen LogP) is 2.99. The summed E-state index contributed by atoms with van der Waals surface area (Å²) in [6.07, 6.45) is 7.99. The minimum absolute atomic E-state index is 0.0261. The predicted molar refractivity (Wildman–Crippen MR) is 122 cm³/mol. The molecule has 0 aromatic carbocycles. The van der Waals surface area contributed by atoms with Gasteiger partial charge in [0.05, 0.1) is 30.4 Å². The Bertz CT molecular complexity index is 1260. The zero-order chi connectivity index (χ0) is 23.7. The first-order valence-electron chi connectivity index (χ1n) is 11.5. The Kier molecular flexibility index (Phi) is 5.91. The molecule has 0 bridgehead atoms. The van der Waals surface area contributed by atoms with Crippen molar-refractivity contribution < 1.29 is 8.78 Å². The number of nitrogens with zero attached hydrogens (tertiary/aromatic N) is 9. The first-order chi connectivity index (χ1) is 16.5. The summed E-state index contributed by atoms with van der Waals surface area (Å²) in [5.74, 6) is -1.59. The first kappa shape index (κ1) is 22.3. The molecular formula is C23H25F2N9. The van der Waals surface area contributed by atoms with Crippen LogP contribution in [0.3, 0.4) is 0 Å². The Balaban J connectivity index is 1.42. The lowest BCUT2D eigenvalue weighted by Crippen LogP contribution is -2.30. The van der Waals surface area contributed by atoms with Gasteiger partial charge in [0.25, 0.3) is 5.92 Å². The van der Waals surface area contributed by atoms with Crippen LogP contribution in [0.25, 0.3) is 5.65 Å². The number of alkyl halides is 2. The van der Waals surface area contributed by atoms with Crippen LogP contribution in [0.4, 0.5) is 14.6 Å². The van der Waals surface area contributed by atoms with Gasteiger partial charge in [-0.25, -0.2) is 33.3 Å². The Labute approximate surface area is 195 Å². The molecule has 34 heavy (non-hydrogen) atoms. The van der Waals surface area contributed by atoms with Gasteiger partial charge >= 0.3 is 0 Å². The number of rotatable bonds is 7. The van der Waals surface area contributed by atoms with E-state index >= 15 is 0 Å². The lowest BCUT2D eigenvalue weighted by Gasteiger charge is -2.24. The number of halogens is 2. The van der Waals surface area contributed by atoms with Gasteiger partial charge in [-0.15, -0.1) is 5.10 Å². The van der Waals surface area contributed by atoms with E-state index < -0.39 is 5.92 Å². The molecule has 2 aliphatic rings. The molecule has 11 heteroatoms. The standard InChI is InChI=1S/C23H25F2N9/c1-2-4-18-19(11-17-6-9-29-34(17)21-16(12-26)5-3-8-27-21)28-15-33-22(18)30-20(31-33)13-32-10-7-23(24,25)14-32/h3,5,8-9,15,17H,2,4,6-7,10-11,13-14H2,1H3. The van der Waals surface area contributed by atoms with Gasteiger partial charge in [0.2, 0.25) is 0 Å². The first-order valence-corrected chi connectivity index (χ1v) is 11.5. The molecule has 5 rings (SSSR count). The maximum atomic E-state index is 13.6. The monoisotopic (exact) mass is 465 g/mol. The SMILES string of the molecule is CCCc1c(CC2CC=NN2c2ncccc2C#N)ncn2nc(CN3CCC(F)(F)C3)nc12. The normalized spacial score (nSPS) is 19.8. The summed E-state index contributed by atoms with van der Waals surface area (Å²) in [7, 11) is 0. The largest absolute Gasteiger partial charge is 0.290 e. The number of likely N-dealkylation sites (tertiary alicyclic amines) is 1. The van der Waals surface area contributed by atoms with E-state index in [-0.39, 0.29) is 19.0 Å². The molecule has 1 saturated heterocycles. The molecule has 0 aliphatic carbocycles. The summed E-state index contributed by atoms with van der Waals surface area (Å²) in [6.45, 7) is 2.46. The molecule has 176 valence electrons. The molecule has 1 atom stereocenters. The lowest BCUT2D eigenvalue weighted by molar-refractivity contribution is 0.0113. The molecule has 0 radical (unpaired) electrons. The number of pyridine rings is 1. The number of aryl methyl sites for hydroxylation is 1. The van der Waals surface area contributed by atoms with Crippen LogP contribution in [-0.2, 0) is 19.4 Å². The van der Waals surface area contributed by atoms with E-state index in [0.717, 1.165) is 24.1 Å². The van der Waals surface area contributed by atoms with Crippen LogP contribution in [0.5, 0.6) is 0 Å². The molecule has 3 aromatic heterocycles. The third-order valence-electron chi connectivity index (χ3n) is 6.21. The number of hydrazone groups is 1. The highest BCUT2D eigenvalue weighted by atomic mass is 19.3. The summed E-state index contributed by atoms with van der Waals surface area (Å²) in [4.78, 5) is 15.5. The van der Waals surface area contributed by atoms with E-state index in [0.29, 0.717) is 48.8 Å². The molecule has 5 heterocycles. The Morgan fingerprint density at radius 2 is 2.18 bits per heavy atom. The minimum atomic E-state index is -2.64. The number of aromatic nitrogens is 5. The van der Waals surface area contributed by atoms with Crippen molar-refractivity contribution in [3.05, 3.63) is 47.3 Å². The third-order valence-corrected chi connectivity index (χ3v) is 6.21.